The molecule has 0 aromatic carbocycles. The van der Waals surface area contributed by atoms with E-state index in [-0.39, 0.29) is 34.6 Å². The SMILES string of the molecule is O=C(C1CCCCC1C(=O)P1(=O)OC2CCCCC2C2CCCCC21)P1(=O)OC2CCCCC2C2CCCCC21. The average Bonchev–Trinajstić information content (AvgIpc) is 3.00. The second kappa shape index (κ2) is 11.3. The van der Waals surface area contributed by atoms with Crippen LogP contribution in [0.1, 0.15) is 128 Å². The Morgan fingerprint density at radius 3 is 1.18 bits per heavy atom. The fraction of sp³-hybridized carbons (Fsp3) is 0.938. The summed E-state index contributed by atoms with van der Waals surface area (Å²) in [5.41, 5.74) is -0.909. The van der Waals surface area contributed by atoms with Crippen LogP contribution >= 0.6 is 14.7 Å². The zero-order chi connectivity index (χ0) is 27.5. The van der Waals surface area contributed by atoms with E-state index in [1.54, 1.807) is 0 Å². The highest BCUT2D eigenvalue weighted by Crippen LogP contribution is 2.71. The van der Waals surface area contributed by atoms with Crippen molar-refractivity contribution in [1.29, 1.82) is 0 Å². The van der Waals surface area contributed by atoms with Gasteiger partial charge in [-0.15, -0.1) is 0 Å². The van der Waals surface area contributed by atoms with Gasteiger partial charge < -0.3 is 9.05 Å². The van der Waals surface area contributed by atoms with E-state index in [1.165, 1.54) is 12.8 Å². The molecule has 12 unspecified atom stereocenters. The summed E-state index contributed by atoms with van der Waals surface area (Å²) in [5, 5.41) is 0. The van der Waals surface area contributed by atoms with Crippen molar-refractivity contribution in [3.63, 3.8) is 0 Å². The first kappa shape index (κ1) is 28.5. The molecule has 0 spiro atoms. The maximum absolute atomic E-state index is 14.9. The van der Waals surface area contributed by atoms with Gasteiger partial charge in [0.1, 0.15) is 0 Å². The van der Waals surface area contributed by atoms with E-state index in [2.05, 4.69) is 0 Å². The van der Waals surface area contributed by atoms with Crippen molar-refractivity contribution in [1.82, 2.24) is 0 Å². The fourth-order valence-electron chi connectivity index (χ4n) is 10.8. The molecule has 0 aromatic rings. The van der Waals surface area contributed by atoms with Crippen LogP contribution in [-0.4, -0.2) is 34.6 Å². The molecule has 2 heterocycles. The minimum absolute atomic E-state index is 0.0770. The number of hydrogen-bond acceptors (Lipinski definition) is 6. The van der Waals surface area contributed by atoms with Crippen LogP contribution in [0.3, 0.4) is 0 Å². The van der Waals surface area contributed by atoms with Gasteiger partial charge in [-0.1, -0.05) is 64.2 Å². The van der Waals surface area contributed by atoms with E-state index in [0.29, 0.717) is 36.5 Å². The van der Waals surface area contributed by atoms with Crippen LogP contribution in [0, 0.1) is 35.5 Å². The van der Waals surface area contributed by atoms with E-state index < -0.39 is 26.6 Å². The average molecular weight is 593 g/mol. The second-order valence-corrected chi connectivity index (χ2v) is 19.6. The highest BCUT2D eigenvalue weighted by molar-refractivity contribution is 7.77. The van der Waals surface area contributed by atoms with Crippen LogP contribution in [0.25, 0.3) is 0 Å². The van der Waals surface area contributed by atoms with Gasteiger partial charge in [-0.3, -0.25) is 18.7 Å². The Morgan fingerprint density at radius 1 is 0.425 bits per heavy atom. The lowest BCUT2D eigenvalue weighted by Gasteiger charge is -2.52. The van der Waals surface area contributed by atoms with E-state index in [4.69, 9.17) is 9.05 Å². The van der Waals surface area contributed by atoms with Crippen molar-refractivity contribution >= 4 is 25.8 Å². The molecule has 0 amide bonds. The Bertz CT molecular complexity index is 1010. The normalized spacial score (nSPS) is 50.9. The predicted octanol–water partition coefficient (Wildman–Crippen LogP) is 8.70. The van der Waals surface area contributed by atoms with Crippen LogP contribution in [0.4, 0.5) is 0 Å². The molecule has 7 aliphatic rings. The Kier molecular flexibility index (Phi) is 8.07. The molecule has 40 heavy (non-hydrogen) atoms. The molecule has 0 radical (unpaired) electrons. The number of rotatable bonds is 4. The summed E-state index contributed by atoms with van der Waals surface area (Å²) >= 11 is 0. The van der Waals surface area contributed by atoms with Crippen LogP contribution in [0.2, 0.25) is 0 Å². The number of carbonyl (C=O) groups is 2. The molecule has 0 bridgehead atoms. The summed E-state index contributed by atoms with van der Waals surface area (Å²) in [6.45, 7) is 0. The van der Waals surface area contributed by atoms with Gasteiger partial charge in [-0.05, 0) is 87.9 Å². The minimum Gasteiger partial charge on any atom is -0.319 e. The summed E-state index contributed by atoms with van der Waals surface area (Å²) < 4.78 is 42.8. The summed E-state index contributed by atoms with van der Waals surface area (Å²) in [4.78, 5) is 29.1. The molecule has 5 saturated carbocycles. The molecule has 6 nitrogen and oxygen atoms in total. The van der Waals surface area contributed by atoms with Crippen molar-refractivity contribution in [2.75, 3.05) is 0 Å². The van der Waals surface area contributed by atoms with Gasteiger partial charge in [0.05, 0.1) is 12.2 Å². The zero-order valence-corrected chi connectivity index (χ0v) is 26.0. The van der Waals surface area contributed by atoms with Gasteiger partial charge in [0, 0.05) is 23.2 Å². The van der Waals surface area contributed by atoms with Crippen molar-refractivity contribution in [3.05, 3.63) is 0 Å². The summed E-state index contributed by atoms with van der Waals surface area (Å²) in [6, 6.07) is 0. The second-order valence-electron chi connectivity index (χ2n) is 14.6. The lowest BCUT2D eigenvalue weighted by molar-refractivity contribution is -0.128. The highest BCUT2D eigenvalue weighted by atomic mass is 31.2. The summed E-state index contributed by atoms with van der Waals surface area (Å²) in [5.74, 6) is 0.218. The van der Waals surface area contributed by atoms with Crippen molar-refractivity contribution in [2.24, 2.45) is 35.5 Å². The van der Waals surface area contributed by atoms with E-state index in [1.807, 2.05) is 0 Å². The van der Waals surface area contributed by atoms with Crippen LogP contribution < -0.4 is 0 Å². The molecular formula is C32H50O6P2. The maximum atomic E-state index is 14.9. The third kappa shape index (κ3) is 4.64. The van der Waals surface area contributed by atoms with E-state index in [9.17, 15) is 18.7 Å². The molecule has 0 N–H and O–H groups in total. The smallest absolute Gasteiger partial charge is 0.270 e. The first-order valence-electron chi connectivity index (χ1n) is 17.1. The molecule has 7 rings (SSSR count). The maximum Gasteiger partial charge on any atom is 0.270 e. The van der Waals surface area contributed by atoms with Crippen LogP contribution in [0.5, 0.6) is 0 Å². The first-order chi connectivity index (χ1) is 19.4. The summed E-state index contributed by atoms with van der Waals surface area (Å²) in [7, 11) is -7.21. The Hall–Kier alpha value is -0.280. The van der Waals surface area contributed by atoms with Gasteiger partial charge in [0.25, 0.3) is 14.7 Å². The molecule has 2 aliphatic heterocycles. The van der Waals surface area contributed by atoms with Gasteiger partial charge in [-0.25, -0.2) is 0 Å². The Balaban J connectivity index is 1.19. The van der Waals surface area contributed by atoms with Crippen LogP contribution in [0.15, 0.2) is 0 Å². The molecule has 8 heteroatoms. The van der Waals surface area contributed by atoms with Gasteiger partial charge in [-0.2, -0.15) is 0 Å². The fourth-order valence-corrected chi connectivity index (χ4v) is 17.6. The zero-order valence-electron chi connectivity index (χ0n) is 24.3. The van der Waals surface area contributed by atoms with Crippen molar-refractivity contribution in [2.45, 2.75) is 152 Å². The van der Waals surface area contributed by atoms with Gasteiger partial charge >= 0.3 is 0 Å². The van der Waals surface area contributed by atoms with Gasteiger partial charge in [0.2, 0.25) is 11.0 Å². The molecule has 224 valence electrons. The minimum atomic E-state index is -3.61. The predicted molar refractivity (Wildman–Crippen MR) is 156 cm³/mol. The molecule has 2 saturated heterocycles. The van der Waals surface area contributed by atoms with E-state index >= 15 is 0 Å². The Morgan fingerprint density at radius 2 is 0.750 bits per heavy atom. The van der Waals surface area contributed by atoms with Crippen LogP contribution in [-0.2, 0) is 27.8 Å². The molecule has 0 aromatic heterocycles. The number of fused-ring (bicyclic) bond motifs is 6. The summed E-state index contributed by atoms with van der Waals surface area (Å²) in [6.07, 6.45) is 19.2. The number of carbonyl (C=O) groups excluding carboxylic acids is 2. The largest absolute Gasteiger partial charge is 0.319 e. The highest BCUT2D eigenvalue weighted by Gasteiger charge is 2.61. The molecular weight excluding hydrogens is 542 g/mol. The molecule has 7 fully saturated rings. The van der Waals surface area contributed by atoms with Crippen molar-refractivity contribution in [3.8, 4) is 0 Å². The third-order valence-electron chi connectivity index (χ3n) is 12.6. The topological polar surface area (TPSA) is 86.7 Å². The lowest BCUT2D eigenvalue weighted by atomic mass is 9.71. The lowest BCUT2D eigenvalue weighted by Crippen LogP contribution is -2.49. The standard InChI is InChI=1S/C32H50O6P2/c33-31(39(35)29-19-9-5-13-23(29)21-11-3-7-17-27(21)37-39)25-15-1-2-16-26(25)32(34)40(36)30-20-10-6-14-24(30)22-12-4-8-18-28(22)38-40/h21-30H,1-20H2. The quantitative estimate of drug-likeness (QED) is 0.304. The molecule has 5 aliphatic carbocycles. The van der Waals surface area contributed by atoms with Gasteiger partial charge in [0.15, 0.2) is 0 Å². The third-order valence-corrected chi connectivity index (χ3v) is 18.7. The number of hydrogen-bond donors (Lipinski definition) is 0. The monoisotopic (exact) mass is 592 g/mol. The first-order valence-corrected chi connectivity index (χ1v) is 20.5. The van der Waals surface area contributed by atoms with Crippen molar-refractivity contribution < 1.29 is 27.8 Å². The molecule has 12 atom stereocenters. The van der Waals surface area contributed by atoms with E-state index in [0.717, 1.165) is 103 Å². The Labute approximate surface area is 240 Å².